The number of halogens is 2. The number of nitrogens with one attached hydrogen (secondary N) is 1. The summed E-state index contributed by atoms with van der Waals surface area (Å²) in [6.45, 7) is 2.86. The van der Waals surface area contributed by atoms with E-state index >= 15 is 0 Å². The van der Waals surface area contributed by atoms with Crippen LogP contribution >= 0.6 is 45.5 Å². The Balaban J connectivity index is 1.91. The zero-order chi connectivity index (χ0) is 11.5. The summed E-state index contributed by atoms with van der Waals surface area (Å²) in [7, 11) is 0. The smallest absolute Gasteiger partial charge is 0.164 e. The van der Waals surface area contributed by atoms with Gasteiger partial charge in [-0.1, -0.05) is 11.6 Å². The summed E-state index contributed by atoms with van der Waals surface area (Å²) in [5.41, 5.74) is 0. The second-order valence-corrected chi connectivity index (χ2v) is 6.26. The van der Waals surface area contributed by atoms with Crippen molar-refractivity contribution in [2.45, 2.75) is 19.5 Å². The minimum atomic E-state index is 0.292. The first-order valence-electron chi connectivity index (χ1n) is 4.88. The van der Waals surface area contributed by atoms with E-state index in [1.165, 1.54) is 4.88 Å². The monoisotopic (exact) mass is 367 g/mol. The molecule has 2 aromatic rings. The van der Waals surface area contributed by atoms with Crippen LogP contribution in [0.15, 0.2) is 28.7 Å². The minimum Gasteiger partial charge on any atom is -0.454 e. The molecule has 16 heavy (non-hydrogen) atoms. The molecule has 0 fully saturated rings. The molecule has 86 valence electrons. The predicted molar refractivity (Wildman–Crippen MR) is 76.0 cm³/mol. The van der Waals surface area contributed by atoms with Gasteiger partial charge < -0.3 is 9.73 Å². The van der Waals surface area contributed by atoms with Crippen LogP contribution < -0.4 is 5.32 Å². The van der Waals surface area contributed by atoms with Crippen molar-refractivity contribution in [2.75, 3.05) is 0 Å². The molecule has 0 saturated heterocycles. The molecular weight excluding hydrogens is 357 g/mol. The molecule has 2 rings (SSSR count). The molecule has 2 nitrogen and oxygen atoms in total. The lowest BCUT2D eigenvalue weighted by molar-refractivity contribution is 0.446. The lowest BCUT2D eigenvalue weighted by atomic mass is 10.2. The van der Waals surface area contributed by atoms with Crippen molar-refractivity contribution in [3.8, 4) is 0 Å². The number of thiophene rings is 1. The summed E-state index contributed by atoms with van der Waals surface area (Å²) in [6, 6.07) is 8.22. The lowest BCUT2D eigenvalue weighted by Gasteiger charge is -2.10. The van der Waals surface area contributed by atoms with Crippen LogP contribution in [0.1, 0.15) is 23.6 Å². The van der Waals surface area contributed by atoms with Crippen LogP contribution in [0.2, 0.25) is 4.34 Å². The predicted octanol–water partition coefficient (Wildman–Crippen LogP) is 4.45. The normalized spacial score (nSPS) is 12.9. The Morgan fingerprint density at radius 3 is 2.81 bits per heavy atom. The van der Waals surface area contributed by atoms with E-state index < -0.39 is 0 Å². The van der Waals surface area contributed by atoms with Gasteiger partial charge >= 0.3 is 0 Å². The van der Waals surface area contributed by atoms with Crippen LogP contribution in [0, 0.1) is 3.77 Å². The van der Waals surface area contributed by atoms with Crippen LogP contribution in [-0.2, 0) is 6.54 Å². The summed E-state index contributed by atoms with van der Waals surface area (Å²) in [6.07, 6.45) is 0. The van der Waals surface area contributed by atoms with Gasteiger partial charge in [-0.25, -0.2) is 0 Å². The van der Waals surface area contributed by atoms with Gasteiger partial charge in [0, 0.05) is 10.9 Å². The van der Waals surface area contributed by atoms with E-state index in [2.05, 4.69) is 40.9 Å². The first-order valence-corrected chi connectivity index (χ1v) is 7.15. The van der Waals surface area contributed by atoms with Crippen LogP contribution in [-0.4, -0.2) is 0 Å². The van der Waals surface area contributed by atoms with Gasteiger partial charge in [-0.3, -0.25) is 0 Å². The van der Waals surface area contributed by atoms with Crippen molar-refractivity contribution in [1.82, 2.24) is 5.32 Å². The average molecular weight is 368 g/mol. The molecule has 0 amide bonds. The second kappa shape index (κ2) is 5.53. The van der Waals surface area contributed by atoms with Crippen LogP contribution in [0.25, 0.3) is 0 Å². The summed E-state index contributed by atoms with van der Waals surface area (Å²) < 4.78 is 7.22. The highest BCUT2D eigenvalue weighted by atomic mass is 127. The molecule has 0 bridgehead atoms. The van der Waals surface area contributed by atoms with Crippen LogP contribution in [0.3, 0.4) is 0 Å². The fourth-order valence-corrected chi connectivity index (χ4v) is 2.91. The third-order valence-corrected chi connectivity index (χ3v) is 4.23. The Hall–Kier alpha value is -0.0400. The molecule has 0 radical (unpaired) electrons. The van der Waals surface area contributed by atoms with E-state index in [9.17, 15) is 0 Å². The number of hydrogen-bond acceptors (Lipinski definition) is 3. The number of rotatable bonds is 4. The van der Waals surface area contributed by atoms with E-state index in [4.69, 9.17) is 16.0 Å². The summed E-state index contributed by atoms with van der Waals surface area (Å²) in [5.74, 6) is 0.957. The van der Waals surface area contributed by atoms with E-state index in [-0.39, 0.29) is 0 Å². The van der Waals surface area contributed by atoms with Crippen molar-refractivity contribution in [1.29, 1.82) is 0 Å². The first kappa shape index (κ1) is 12.4. The molecule has 2 heterocycles. The summed E-state index contributed by atoms with van der Waals surface area (Å²) in [4.78, 5) is 1.24. The maximum absolute atomic E-state index is 5.90. The quantitative estimate of drug-likeness (QED) is 0.808. The molecular formula is C11H11ClINOS. The van der Waals surface area contributed by atoms with E-state index in [0.29, 0.717) is 6.04 Å². The Labute approximate surface area is 117 Å². The van der Waals surface area contributed by atoms with Gasteiger partial charge in [-0.05, 0) is 53.8 Å². The third-order valence-electron chi connectivity index (χ3n) is 2.23. The summed E-state index contributed by atoms with van der Waals surface area (Å²) in [5, 5.41) is 3.40. The zero-order valence-electron chi connectivity index (χ0n) is 8.67. The standard InChI is InChI=1S/C11H11ClINOS/c1-7(9-3-4-10(12)16-9)14-6-8-2-5-11(13)15-8/h2-5,7,14H,6H2,1H3. The lowest BCUT2D eigenvalue weighted by Crippen LogP contribution is -2.16. The van der Waals surface area contributed by atoms with Crippen molar-refractivity contribution in [2.24, 2.45) is 0 Å². The zero-order valence-corrected chi connectivity index (χ0v) is 12.4. The van der Waals surface area contributed by atoms with Crippen molar-refractivity contribution >= 4 is 45.5 Å². The van der Waals surface area contributed by atoms with Crippen molar-refractivity contribution in [3.05, 3.63) is 43.0 Å². The van der Waals surface area contributed by atoms with Gasteiger partial charge in [-0.15, -0.1) is 11.3 Å². The van der Waals surface area contributed by atoms with Gasteiger partial charge in [-0.2, -0.15) is 0 Å². The molecule has 1 atom stereocenters. The molecule has 2 aromatic heterocycles. The summed E-state index contributed by atoms with van der Waals surface area (Å²) >= 11 is 9.67. The highest BCUT2D eigenvalue weighted by molar-refractivity contribution is 14.1. The molecule has 1 N–H and O–H groups in total. The van der Waals surface area contributed by atoms with Crippen LogP contribution in [0.5, 0.6) is 0 Å². The maximum atomic E-state index is 5.90. The van der Waals surface area contributed by atoms with Gasteiger partial charge in [0.05, 0.1) is 10.9 Å². The van der Waals surface area contributed by atoms with Crippen molar-refractivity contribution in [3.63, 3.8) is 0 Å². The molecule has 0 aromatic carbocycles. The fraction of sp³-hybridized carbons (Fsp3) is 0.273. The SMILES string of the molecule is CC(NCc1ccc(I)o1)c1ccc(Cl)s1. The molecule has 0 aliphatic carbocycles. The Morgan fingerprint density at radius 2 is 2.25 bits per heavy atom. The number of hydrogen-bond donors (Lipinski definition) is 1. The second-order valence-electron chi connectivity index (χ2n) is 3.45. The van der Waals surface area contributed by atoms with E-state index in [1.807, 2.05) is 18.2 Å². The molecule has 0 aliphatic rings. The fourth-order valence-electron chi connectivity index (χ4n) is 1.36. The molecule has 0 saturated carbocycles. The van der Waals surface area contributed by atoms with Gasteiger partial charge in [0.25, 0.3) is 0 Å². The first-order chi connectivity index (χ1) is 7.65. The maximum Gasteiger partial charge on any atom is 0.164 e. The van der Waals surface area contributed by atoms with Gasteiger partial charge in [0.2, 0.25) is 0 Å². The molecule has 0 aliphatic heterocycles. The van der Waals surface area contributed by atoms with Crippen LogP contribution in [0.4, 0.5) is 0 Å². The number of furan rings is 1. The van der Waals surface area contributed by atoms with Crippen molar-refractivity contribution < 1.29 is 4.42 Å². The highest BCUT2D eigenvalue weighted by Crippen LogP contribution is 2.26. The van der Waals surface area contributed by atoms with E-state index in [0.717, 1.165) is 20.4 Å². The Bertz CT molecular complexity index is 468. The Kier molecular flexibility index (Phi) is 4.29. The topological polar surface area (TPSA) is 25.2 Å². The highest BCUT2D eigenvalue weighted by Gasteiger charge is 2.08. The third kappa shape index (κ3) is 3.23. The molecule has 5 heteroatoms. The van der Waals surface area contributed by atoms with E-state index in [1.54, 1.807) is 11.3 Å². The largest absolute Gasteiger partial charge is 0.454 e. The average Bonchev–Trinajstić information content (AvgIpc) is 2.84. The molecule has 0 spiro atoms. The minimum absolute atomic E-state index is 0.292. The Morgan fingerprint density at radius 1 is 1.44 bits per heavy atom. The van der Waals surface area contributed by atoms with Gasteiger partial charge in [0.1, 0.15) is 5.76 Å². The van der Waals surface area contributed by atoms with Gasteiger partial charge in [0.15, 0.2) is 3.77 Å². The molecule has 1 unspecified atom stereocenters.